The number of hydrogen-bond acceptors (Lipinski definition) is 2. The van der Waals surface area contributed by atoms with Crippen molar-refractivity contribution >= 4 is 10.9 Å². The first kappa shape index (κ1) is 14.6. The maximum atomic E-state index is 4.51. The average molecular weight is 313 g/mol. The Kier molecular flexibility index (Phi) is 3.42. The molecule has 0 amide bonds. The highest BCUT2D eigenvalue weighted by Crippen LogP contribution is 2.36. The zero-order chi connectivity index (χ0) is 16.7. The Morgan fingerprint density at radius 3 is 2.25 bits per heavy atom. The summed E-state index contributed by atoms with van der Waals surface area (Å²) in [5.74, 6) is 0.710. The third kappa shape index (κ3) is 2.21. The molecular weight excluding hydrogens is 294 g/mol. The lowest BCUT2D eigenvalue weighted by atomic mass is 10.0. The number of aromatic nitrogens is 3. The van der Waals surface area contributed by atoms with E-state index in [2.05, 4.69) is 71.7 Å². The van der Waals surface area contributed by atoms with Crippen LogP contribution in [0.15, 0.2) is 60.9 Å². The van der Waals surface area contributed by atoms with E-state index in [1.165, 1.54) is 33.2 Å². The molecule has 2 aromatic heterocycles. The molecule has 0 fully saturated rings. The quantitative estimate of drug-likeness (QED) is 0.520. The predicted octanol–water partition coefficient (Wildman–Crippen LogP) is 5.01. The van der Waals surface area contributed by atoms with Gasteiger partial charge >= 0.3 is 0 Å². The number of fused-ring (bicyclic) bond motifs is 1. The summed E-state index contributed by atoms with van der Waals surface area (Å²) in [5, 5.41) is 1.26. The fourth-order valence-electron chi connectivity index (χ4n) is 3.50. The summed E-state index contributed by atoms with van der Waals surface area (Å²) in [6.45, 7) is 6.48. The van der Waals surface area contributed by atoms with Gasteiger partial charge in [-0.1, -0.05) is 42.0 Å². The molecule has 3 nitrogen and oxygen atoms in total. The summed E-state index contributed by atoms with van der Waals surface area (Å²) < 4.78 is 2.19. The van der Waals surface area contributed by atoms with E-state index in [-0.39, 0.29) is 0 Å². The Morgan fingerprint density at radius 1 is 0.833 bits per heavy atom. The number of hydrogen-bond donors (Lipinski definition) is 0. The van der Waals surface area contributed by atoms with Gasteiger partial charge in [0, 0.05) is 17.8 Å². The van der Waals surface area contributed by atoms with Crippen molar-refractivity contribution in [1.29, 1.82) is 0 Å². The minimum absolute atomic E-state index is 0.710. The monoisotopic (exact) mass is 313 g/mol. The summed E-state index contributed by atoms with van der Waals surface area (Å²) in [5.41, 5.74) is 7.29. The minimum atomic E-state index is 0.710. The predicted molar refractivity (Wildman–Crippen MR) is 98.5 cm³/mol. The van der Waals surface area contributed by atoms with Crippen LogP contribution in [0, 0.1) is 20.8 Å². The first-order valence-electron chi connectivity index (χ1n) is 8.12. The van der Waals surface area contributed by atoms with Crippen molar-refractivity contribution < 1.29 is 0 Å². The van der Waals surface area contributed by atoms with Crippen LogP contribution in [-0.4, -0.2) is 14.5 Å². The standard InChI is InChI=1S/C21H19N3/c1-14-12-15(2)19-18(13-14)16(3)20(17-8-5-4-6-9-17)24(19)21-22-10-7-11-23-21/h4-13H,1-3H3. The van der Waals surface area contributed by atoms with E-state index in [1.807, 2.05) is 12.1 Å². The molecule has 0 bridgehead atoms. The van der Waals surface area contributed by atoms with Gasteiger partial charge in [0.25, 0.3) is 0 Å². The summed E-state index contributed by atoms with van der Waals surface area (Å²) in [7, 11) is 0. The minimum Gasteiger partial charge on any atom is -0.277 e. The second-order valence-electron chi connectivity index (χ2n) is 6.20. The van der Waals surface area contributed by atoms with E-state index < -0.39 is 0 Å². The lowest BCUT2D eigenvalue weighted by molar-refractivity contribution is 0.962. The van der Waals surface area contributed by atoms with Crippen LogP contribution in [0.3, 0.4) is 0 Å². The van der Waals surface area contributed by atoms with E-state index in [4.69, 9.17) is 0 Å². The Hall–Kier alpha value is -2.94. The van der Waals surface area contributed by atoms with Gasteiger partial charge in [-0.25, -0.2) is 9.97 Å². The first-order chi connectivity index (χ1) is 11.7. The number of aryl methyl sites for hydroxylation is 3. The number of rotatable bonds is 2. The molecule has 4 rings (SSSR count). The third-order valence-corrected chi connectivity index (χ3v) is 4.45. The summed E-state index contributed by atoms with van der Waals surface area (Å²) in [6, 6.07) is 16.8. The highest BCUT2D eigenvalue weighted by Gasteiger charge is 2.20. The molecule has 0 aliphatic carbocycles. The molecule has 24 heavy (non-hydrogen) atoms. The molecule has 0 saturated heterocycles. The Labute approximate surface area is 141 Å². The maximum Gasteiger partial charge on any atom is 0.234 e. The van der Waals surface area contributed by atoms with Gasteiger partial charge in [-0.15, -0.1) is 0 Å². The topological polar surface area (TPSA) is 30.7 Å². The molecule has 2 heterocycles. The van der Waals surface area contributed by atoms with Crippen molar-refractivity contribution in [3.8, 4) is 17.2 Å². The number of benzene rings is 2. The molecule has 0 aliphatic heterocycles. The van der Waals surface area contributed by atoms with Crippen LogP contribution in [0.25, 0.3) is 28.1 Å². The second-order valence-corrected chi connectivity index (χ2v) is 6.20. The molecule has 3 heteroatoms. The molecule has 0 atom stereocenters. The molecule has 0 saturated carbocycles. The zero-order valence-electron chi connectivity index (χ0n) is 14.1. The van der Waals surface area contributed by atoms with Gasteiger partial charge in [0.05, 0.1) is 11.2 Å². The summed E-state index contributed by atoms with van der Waals surface area (Å²) in [6.07, 6.45) is 3.59. The lowest BCUT2D eigenvalue weighted by Crippen LogP contribution is -2.03. The van der Waals surface area contributed by atoms with E-state index in [9.17, 15) is 0 Å². The molecule has 0 spiro atoms. The second kappa shape index (κ2) is 5.60. The van der Waals surface area contributed by atoms with Crippen LogP contribution in [0.1, 0.15) is 16.7 Å². The number of nitrogens with zero attached hydrogens (tertiary/aromatic N) is 3. The molecule has 0 radical (unpaired) electrons. The molecule has 118 valence electrons. The van der Waals surface area contributed by atoms with Crippen molar-refractivity contribution in [1.82, 2.24) is 14.5 Å². The smallest absolute Gasteiger partial charge is 0.234 e. The van der Waals surface area contributed by atoms with Gasteiger partial charge in [-0.2, -0.15) is 0 Å². The Bertz CT molecular complexity index is 1020. The van der Waals surface area contributed by atoms with Crippen LogP contribution in [-0.2, 0) is 0 Å². The van der Waals surface area contributed by atoms with Crippen molar-refractivity contribution in [2.45, 2.75) is 20.8 Å². The van der Waals surface area contributed by atoms with Crippen molar-refractivity contribution in [3.05, 3.63) is 77.6 Å². The largest absolute Gasteiger partial charge is 0.277 e. The van der Waals surface area contributed by atoms with Crippen LogP contribution in [0.2, 0.25) is 0 Å². The van der Waals surface area contributed by atoms with E-state index in [0.717, 1.165) is 5.69 Å². The van der Waals surface area contributed by atoms with E-state index in [1.54, 1.807) is 12.4 Å². The molecule has 4 aromatic rings. The van der Waals surface area contributed by atoms with Gasteiger partial charge in [0.15, 0.2) is 0 Å². The van der Waals surface area contributed by atoms with Crippen LogP contribution in [0.4, 0.5) is 0 Å². The van der Waals surface area contributed by atoms with Crippen LogP contribution >= 0.6 is 0 Å². The molecule has 0 unspecified atom stereocenters. The highest BCUT2D eigenvalue weighted by atomic mass is 15.2. The summed E-state index contributed by atoms with van der Waals surface area (Å²) in [4.78, 5) is 9.03. The van der Waals surface area contributed by atoms with Crippen molar-refractivity contribution in [2.75, 3.05) is 0 Å². The fraction of sp³-hybridized carbons (Fsp3) is 0.143. The van der Waals surface area contributed by atoms with Gasteiger partial charge in [0.2, 0.25) is 5.95 Å². The molecule has 0 N–H and O–H groups in total. The van der Waals surface area contributed by atoms with E-state index in [0.29, 0.717) is 5.95 Å². The SMILES string of the molecule is Cc1cc(C)c2c(c1)c(C)c(-c1ccccc1)n2-c1ncccn1. The normalized spacial score (nSPS) is 11.1. The van der Waals surface area contributed by atoms with Crippen molar-refractivity contribution in [3.63, 3.8) is 0 Å². The molecular formula is C21H19N3. The van der Waals surface area contributed by atoms with Gasteiger partial charge in [-0.3, -0.25) is 4.57 Å². The van der Waals surface area contributed by atoms with E-state index >= 15 is 0 Å². The average Bonchev–Trinajstić information content (AvgIpc) is 2.90. The van der Waals surface area contributed by atoms with Crippen LogP contribution in [0.5, 0.6) is 0 Å². The third-order valence-electron chi connectivity index (χ3n) is 4.45. The van der Waals surface area contributed by atoms with Crippen LogP contribution < -0.4 is 0 Å². The first-order valence-corrected chi connectivity index (χ1v) is 8.12. The summed E-state index contributed by atoms with van der Waals surface area (Å²) >= 11 is 0. The fourth-order valence-corrected chi connectivity index (χ4v) is 3.50. The van der Waals surface area contributed by atoms with Crippen molar-refractivity contribution in [2.24, 2.45) is 0 Å². The van der Waals surface area contributed by atoms with Gasteiger partial charge < -0.3 is 0 Å². The van der Waals surface area contributed by atoms with Gasteiger partial charge in [-0.05, 0) is 49.6 Å². The Balaban J connectivity index is 2.19. The zero-order valence-corrected chi connectivity index (χ0v) is 14.1. The maximum absolute atomic E-state index is 4.51. The lowest BCUT2D eigenvalue weighted by Gasteiger charge is -2.11. The van der Waals surface area contributed by atoms with Gasteiger partial charge in [0.1, 0.15) is 0 Å². The molecule has 2 aromatic carbocycles. The molecule has 0 aliphatic rings. The highest BCUT2D eigenvalue weighted by molar-refractivity contribution is 5.95. The Morgan fingerprint density at radius 2 is 1.54 bits per heavy atom.